The zero-order valence-electron chi connectivity index (χ0n) is 13.9. The highest BCUT2D eigenvalue weighted by Crippen LogP contribution is 2.17. The van der Waals surface area contributed by atoms with E-state index in [0.29, 0.717) is 23.3 Å². The molecule has 1 heterocycles. The minimum Gasteiger partial charge on any atom is -0.378 e. The number of anilines is 1. The summed E-state index contributed by atoms with van der Waals surface area (Å²) in [6, 6.07) is 22.9. The Balaban J connectivity index is 1.88. The molecule has 0 radical (unpaired) electrons. The van der Waals surface area contributed by atoms with Gasteiger partial charge in [0.1, 0.15) is 11.6 Å². The predicted octanol–water partition coefficient (Wildman–Crippen LogP) is 4.14. The molecule has 26 heavy (non-hydrogen) atoms. The van der Waals surface area contributed by atoms with Crippen LogP contribution in [-0.2, 0) is 6.54 Å². The van der Waals surface area contributed by atoms with Crippen LogP contribution < -0.4 is 10.9 Å². The third-order valence-corrected chi connectivity index (χ3v) is 4.16. The van der Waals surface area contributed by atoms with Gasteiger partial charge in [-0.1, -0.05) is 42.5 Å². The number of fused-ring (bicyclic) bond motifs is 1. The van der Waals surface area contributed by atoms with Crippen LogP contribution in [0.5, 0.6) is 0 Å². The summed E-state index contributed by atoms with van der Waals surface area (Å²) >= 11 is 0. The Morgan fingerprint density at radius 2 is 1.58 bits per heavy atom. The first-order valence-electron chi connectivity index (χ1n) is 8.28. The molecule has 4 aromatic rings. The number of aromatic nitrogens is 2. The average Bonchev–Trinajstić information content (AvgIpc) is 2.68. The van der Waals surface area contributed by atoms with Gasteiger partial charge in [-0.25, -0.2) is 9.37 Å². The molecule has 0 aliphatic carbocycles. The molecule has 128 valence electrons. The zero-order chi connectivity index (χ0) is 17.9. The molecule has 0 saturated heterocycles. The Kier molecular flexibility index (Phi) is 4.19. The number of rotatable bonds is 4. The lowest BCUT2D eigenvalue weighted by Gasteiger charge is -2.15. The lowest BCUT2D eigenvalue weighted by Crippen LogP contribution is -2.26. The van der Waals surface area contributed by atoms with Gasteiger partial charge >= 0.3 is 0 Å². The fraction of sp³-hybridized carbons (Fsp3) is 0.0476. The van der Waals surface area contributed by atoms with E-state index >= 15 is 0 Å². The van der Waals surface area contributed by atoms with Crippen molar-refractivity contribution < 1.29 is 4.39 Å². The predicted molar refractivity (Wildman–Crippen MR) is 101 cm³/mol. The molecule has 0 unspecified atom stereocenters. The molecular weight excluding hydrogens is 329 g/mol. The molecule has 0 saturated carbocycles. The van der Waals surface area contributed by atoms with E-state index in [1.807, 2.05) is 36.4 Å². The Morgan fingerprint density at radius 1 is 0.885 bits per heavy atom. The highest BCUT2D eigenvalue weighted by Gasteiger charge is 2.15. The number of nitrogens with zero attached hydrogens (tertiary/aromatic N) is 2. The van der Waals surface area contributed by atoms with Gasteiger partial charge in [0, 0.05) is 5.69 Å². The maximum absolute atomic E-state index is 14.4. The van der Waals surface area contributed by atoms with Crippen LogP contribution in [0, 0.1) is 5.82 Å². The highest BCUT2D eigenvalue weighted by molar-refractivity contribution is 5.77. The van der Waals surface area contributed by atoms with Gasteiger partial charge in [-0.3, -0.25) is 9.36 Å². The summed E-state index contributed by atoms with van der Waals surface area (Å²) in [7, 11) is 0. The van der Waals surface area contributed by atoms with Gasteiger partial charge in [0.15, 0.2) is 0 Å². The smallest absolute Gasteiger partial charge is 0.266 e. The van der Waals surface area contributed by atoms with Crippen molar-refractivity contribution in [3.8, 4) is 5.69 Å². The van der Waals surface area contributed by atoms with E-state index in [1.54, 1.807) is 36.4 Å². The molecule has 0 aliphatic heterocycles. The van der Waals surface area contributed by atoms with Crippen LogP contribution in [0.2, 0.25) is 0 Å². The van der Waals surface area contributed by atoms with E-state index in [2.05, 4.69) is 10.3 Å². The number of hydrogen-bond donors (Lipinski definition) is 1. The van der Waals surface area contributed by atoms with Crippen molar-refractivity contribution in [3.05, 3.63) is 101 Å². The van der Waals surface area contributed by atoms with Gasteiger partial charge in [0.25, 0.3) is 5.56 Å². The SMILES string of the molecule is O=c1c2ccccc2nc(CNc2ccccc2)n1-c1ccccc1F. The molecule has 0 bridgehead atoms. The topological polar surface area (TPSA) is 46.9 Å². The zero-order valence-corrected chi connectivity index (χ0v) is 13.9. The van der Waals surface area contributed by atoms with E-state index in [4.69, 9.17) is 0 Å². The second-order valence-corrected chi connectivity index (χ2v) is 5.86. The third kappa shape index (κ3) is 2.95. The van der Waals surface area contributed by atoms with Gasteiger partial charge in [0.05, 0.1) is 23.1 Å². The van der Waals surface area contributed by atoms with Crippen molar-refractivity contribution in [2.45, 2.75) is 6.54 Å². The third-order valence-electron chi connectivity index (χ3n) is 4.16. The molecule has 4 rings (SSSR count). The van der Waals surface area contributed by atoms with Crippen molar-refractivity contribution in [2.75, 3.05) is 5.32 Å². The summed E-state index contributed by atoms with van der Waals surface area (Å²) in [5, 5.41) is 3.70. The molecule has 0 amide bonds. The fourth-order valence-corrected chi connectivity index (χ4v) is 2.92. The maximum Gasteiger partial charge on any atom is 0.266 e. The fourth-order valence-electron chi connectivity index (χ4n) is 2.92. The average molecular weight is 345 g/mol. The van der Waals surface area contributed by atoms with E-state index < -0.39 is 5.82 Å². The van der Waals surface area contributed by atoms with E-state index in [-0.39, 0.29) is 11.2 Å². The number of hydrogen-bond acceptors (Lipinski definition) is 3. The first-order chi connectivity index (χ1) is 12.7. The van der Waals surface area contributed by atoms with Gasteiger partial charge in [0.2, 0.25) is 0 Å². The lowest BCUT2D eigenvalue weighted by atomic mass is 10.2. The number of halogens is 1. The van der Waals surface area contributed by atoms with Crippen molar-refractivity contribution >= 4 is 16.6 Å². The minimum atomic E-state index is -0.465. The Labute approximate surface area is 149 Å². The minimum absolute atomic E-state index is 0.195. The summed E-state index contributed by atoms with van der Waals surface area (Å²) in [5.41, 5.74) is 1.40. The van der Waals surface area contributed by atoms with Crippen LogP contribution in [0.3, 0.4) is 0 Å². The largest absolute Gasteiger partial charge is 0.378 e. The monoisotopic (exact) mass is 345 g/mol. The van der Waals surface area contributed by atoms with Gasteiger partial charge in [-0.2, -0.15) is 0 Å². The summed E-state index contributed by atoms with van der Waals surface area (Å²) in [4.78, 5) is 17.6. The van der Waals surface area contributed by atoms with E-state index in [1.165, 1.54) is 10.6 Å². The van der Waals surface area contributed by atoms with E-state index in [0.717, 1.165) is 5.69 Å². The van der Waals surface area contributed by atoms with Crippen LogP contribution in [0.15, 0.2) is 83.7 Å². The number of benzene rings is 3. The Hall–Kier alpha value is -3.47. The second-order valence-electron chi connectivity index (χ2n) is 5.86. The van der Waals surface area contributed by atoms with Gasteiger partial charge < -0.3 is 5.32 Å². The number of para-hydroxylation sites is 3. The summed E-state index contributed by atoms with van der Waals surface area (Å²) < 4.78 is 15.7. The van der Waals surface area contributed by atoms with Crippen LogP contribution in [0.1, 0.15) is 5.82 Å². The number of nitrogens with one attached hydrogen (secondary N) is 1. The summed E-state index contributed by atoms with van der Waals surface area (Å²) in [6.07, 6.45) is 0. The van der Waals surface area contributed by atoms with Gasteiger partial charge in [-0.15, -0.1) is 0 Å². The quantitative estimate of drug-likeness (QED) is 0.605. The molecule has 0 atom stereocenters. The molecule has 1 aromatic heterocycles. The van der Waals surface area contributed by atoms with Crippen LogP contribution in [0.4, 0.5) is 10.1 Å². The van der Waals surface area contributed by atoms with Crippen LogP contribution >= 0.6 is 0 Å². The second kappa shape index (κ2) is 6.80. The van der Waals surface area contributed by atoms with Crippen LogP contribution in [-0.4, -0.2) is 9.55 Å². The van der Waals surface area contributed by atoms with Crippen molar-refractivity contribution in [3.63, 3.8) is 0 Å². The normalized spacial score (nSPS) is 10.8. The van der Waals surface area contributed by atoms with Crippen molar-refractivity contribution in [1.82, 2.24) is 9.55 Å². The highest BCUT2D eigenvalue weighted by atomic mass is 19.1. The summed E-state index contributed by atoms with van der Waals surface area (Å²) in [6.45, 7) is 0.290. The molecule has 0 aliphatic rings. The first-order valence-corrected chi connectivity index (χ1v) is 8.28. The van der Waals surface area contributed by atoms with Gasteiger partial charge in [-0.05, 0) is 36.4 Å². The molecule has 0 spiro atoms. The molecule has 3 aromatic carbocycles. The van der Waals surface area contributed by atoms with Crippen LogP contribution in [0.25, 0.3) is 16.6 Å². The van der Waals surface area contributed by atoms with E-state index in [9.17, 15) is 9.18 Å². The van der Waals surface area contributed by atoms with Crippen molar-refractivity contribution in [1.29, 1.82) is 0 Å². The molecular formula is C21H16FN3O. The lowest BCUT2D eigenvalue weighted by molar-refractivity contribution is 0.612. The Morgan fingerprint density at radius 3 is 2.38 bits per heavy atom. The summed E-state index contributed by atoms with van der Waals surface area (Å²) in [5.74, 6) is -0.0182. The first kappa shape index (κ1) is 16.0. The molecule has 0 fully saturated rings. The standard InChI is InChI=1S/C21H16FN3O/c22-17-11-5-7-13-19(17)25-20(14-23-15-8-2-1-3-9-15)24-18-12-6-4-10-16(18)21(25)26/h1-13,23H,14H2. The molecule has 4 nitrogen and oxygen atoms in total. The molecule has 1 N–H and O–H groups in total. The molecule has 5 heteroatoms. The van der Waals surface area contributed by atoms with Crippen molar-refractivity contribution in [2.24, 2.45) is 0 Å². The maximum atomic E-state index is 14.4. The Bertz CT molecular complexity index is 1120.